The molecule has 0 radical (unpaired) electrons. The average Bonchev–Trinajstić information content (AvgIpc) is 3.14. The van der Waals surface area contributed by atoms with Crippen LogP contribution in [0.25, 0.3) is 10.9 Å². The molecule has 2 fully saturated rings. The van der Waals surface area contributed by atoms with E-state index in [1.807, 2.05) is 11.9 Å². The van der Waals surface area contributed by atoms with Crippen molar-refractivity contribution in [1.29, 1.82) is 0 Å². The summed E-state index contributed by atoms with van der Waals surface area (Å²) in [5.74, 6) is 0.917. The highest BCUT2D eigenvalue weighted by Crippen LogP contribution is 2.31. The lowest BCUT2D eigenvalue weighted by atomic mass is 9.83. The fraction of sp³-hybridized carbons (Fsp3) is 0.640. The third-order valence-corrected chi connectivity index (χ3v) is 7.18. The molecule has 0 bridgehead atoms. The van der Waals surface area contributed by atoms with E-state index >= 15 is 0 Å². The Morgan fingerprint density at radius 3 is 2.87 bits per heavy atom. The first kappa shape index (κ1) is 21.4. The maximum Gasteiger partial charge on any atom is 0.222 e. The number of aryl methyl sites for hydroxylation is 1. The molecule has 164 valence electrons. The predicted molar refractivity (Wildman–Crippen MR) is 122 cm³/mol. The van der Waals surface area contributed by atoms with E-state index in [1.54, 1.807) is 7.11 Å². The summed E-state index contributed by atoms with van der Waals surface area (Å²) >= 11 is 0. The van der Waals surface area contributed by atoms with Crippen molar-refractivity contribution < 1.29 is 9.53 Å². The Morgan fingerprint density at radius 2 is 2.00 bits per heavy atom. The van der Waals surface area contributed by atoms with E-state index in [4.69, 9.17) is 4.74 Å². The number of para-hydroxylation sites is 1. The topological polar surface area (TPSA) is 37.7 Å². The summed E-state index contributed by atoms with van der Waals surface area (Å²) in [6, 6.07) is 9.18. The molecule has 0 N–H and O–H groups in total. The second-order valence-electron chi connectivity index (χ2n) is 9.13. The van der Waals surface area contributed by atoms with E-state index in [0.29, 0.717) is 25.0 Å². The molecule has 1 aromatic carbocycles. The zero-order valence-corrected chi connectivity index (χ0v) is 18.7. The molecule has 3 heterocycles. The minimum absolute atomic E-state index is 0.275. The van der Waals surface area contributed by atoms with Crippen molar-refractivity contribution in [3.63, 3.8) is 0 Å². The van der Waals surface area contributed by atoms with E-state index in [-0.39, 0.29) is 5.91 Å². The monoisotopic (exact) mass is 411 g/mol. The second-order valence-corrected chi connectivity index (χ2v) is 9.13. The SMILES string of the molecule is COCCn1cc(CCC(=O)N(C)CC2CCCN3CCCCC23)c2ccccc21. The Morgan fingerprint density at radius 1 is 1.17 bits per heavy atom. The molecule has 2 aliphatic rings. The van der Waals surface area contributed by atoms with Gasteiger partial charge in [0.2, 0.25) is 5.91 Å². The van der Waals surface area contributed by atoms with Crippen LogP contribution >= 0.6 is 0 Å². The molecule has 0 spiro atoms. The predicted octanol–water partition coefficient (Wildman–Crippen LogP) is 3.94. The van der Waals surface area contributed by atoms with E-state index in [0.717, 1.165) is 19.5 Å². The highest BCUT2D eigenvalue weighted by Gasteiger charge is 2.33. The summed E-state index contributed by atoms with van der Waals surface area (Å²) in [4.78, 5) is 17.6. The number of carbonyl (C=O) groups is 1. The number of carbonyl (C=O) groups excluding carboxylic acids is 1. The summed E-state index contributed by atoms with van der Waals surface area (Å²) in [6.07, 6.45) is 10.1. The quantitative estimate of drug-likeness (QED) is 0.660. The number of aromatic nitrogens is 1. The summed E-state index contributed by atoms with van der Waals surface area (Å²) in [7, 11) is 3.74. The number of benzene rings is 1. The van der Waals surface area contributed by atoms with E-state index < -0.39 is 0 Å². The van der Waals surface area contributed by atoms with Crippen LogP contribution in [0.3, 0.4) is 0 Å². The Labute approximate surface area is 181 Å². The maximum absolute atomic E-state index is 13.0. The standard InChI is InChI=1S/C25H37N3O2/c1-26(18-21-8-7-15-27-14-6-5-10-23(21)27)25(29)13-12-20-19-28(16-17-30-2)24-11-4-3-9-22(20)24/h3-4,9,11,19,21,23H,5-8,10,12-18H2,1-2H3. The Kier molecular flexibility index (Phi) is 7.11. The van der Waals surface area contributed by atoms with Crippen LogP contribution < -0.4 is 0 Å². The smallest absolute Gasteiger partial charge is 0.222 e. The van der Waals surface area contributed by atoms with E-state index in [1.165, 1.54) is 61.7 Å². The van der Waals surface area contributed by atoms with Gasteiger partial charge in [-0.2, -0.15) is 0 Å². The minimum atomic E-state index is 0.275. The third kappa shape index (κ3) is 4.73. The van der Waals surface area contributed by atoms with Gasteiger partial charge in [0.05, 0.1) is 6.61 Å². The van der Waals surface area contributed by atoms with Gasteiger partial charge in [-0.1, -0.05) is 24.6 Å². The van der Waals surface area contributed by atoms with Gasteiger partial charge < -0.3 is 19.1 Å². The molecular formula is C25H37N3O2. The molecule has 4 rings (SSSR count). The number of rotatable bonds is 8. The lowest BCUT2D eigenvalue weighted by Gasteiger charge is -2.45. The van der Waals surface area contributed by atoms with Crippen LogP contribution in [-0.4, -0.2) is 66.7 Å². The van der Waals surface area contributed by atoms with Crippen molar-refractivity contribution >= 4 is 16.8 Å². The normalized spacial score (nSPS) is 22.2. The highest BCUT2D eigenvalue weighted by molar-refractivity contribution is 5.85. The van der Waals surface area contributed by atoms with Crippen LogP contribution in [-0.2, 0) is 22.5 Å². The number of piperidine rings is 2. The fourth-order valence-electron chi connectivity index (χ4n) is 5.57. The molecule has 5 nitrogen and oxygen atoms in total. The molecular weight excluding hydrogens is 374 g/mol. The molecule has 1 amide bonds. The largest absolute Gasteiger partial charge is 0.383 e. The summed E-state index contributed by atoms with van der Waals surface area (Å²) in [5, 5.41) is 1.26. The second kappa shape index (κ2) is 9.97. The van der Waals surface area contributed by atoms with Crippen molar-refractivity contribution in [2.24, 2.45) is 5.92 Å². The number of fused-ring (bicyclic) bond motifs is 2. The van der Waals surface area contributed by atoms with Gasteiger partial charge >= 0.3 is 0 Å². The Bertz CT molecular complexity index is 844. The first-order chi connectivity index (χ1) is 14.7. The molecule has 2 aromatic rings. The highest BCUT2D eigenvalue weighted by atomic mass is 16.5. The molecule has 2 aliphatic heterocycles. The van der Waals surface area contributed by atoms with Crippen molar-refractivity contribution in [1.82, 2.24) is 14.4 Å². The first-order valence-electron chi connectivity index (χ1n) is 11.7. The lowest BCUT2D eigenvalue weighted by molar-refractivity contribution is -0.131. The van der Waals surface area contributed by atoms with Crippen molar-refractivity contribution in [3.8, 4) is 0 Å². The number of nitrogens with zero attached hydrogens (tertiary/aromatic N) is 3. The van der Waals surface area contributed by atoms with Crippen molar-refractivity contribution in [2.45, 2.75) is 57.5 Å². The van der Waals surface area contributed by atoms with Gasteiger partial charge in [-0.25, -0.2) is 0 Å². The molecule has 2 unspecified atom stereocenters. The van der Waals surface area contributed by atoms with Gasteiger partial charge in [0.15, 0.2) is 0 Å². The minimum Gasteiger partial charge on any atom is -0.383 e. The van der Waals surface area contributed by atoms with Crippen LogP contribution in [0.15, 0.2) is 30.5 Å². The summed E-state index contributed by atoms with van der Waals surface area (Å²) < 4.78 is 7.51. The average molecular weight is 412 g/mol. The molecule has 30 heavy (non-hydrogen) atoms. The van der Waals surface area contributed by atoms with Crippen LogP contribution in [0.1, 0.15) is 44.1 Å². The number of amides is 1. The fourth-order valence-corrected chi connectivity index (χ4v) is 5.57. The third-order valence-electron chi connectivity index (χ3n) is 7.18. The first-order valence-corrected chi connectivity index (χ1v) is 11.7. The van der Waals surface area contributed by atoms with Crippen LogP contribution in [0.4, 0.5) is 0 Å². The van der Waals surface area contributed by atoms with Crippen molar-refractivity contribution in [3.05, 3.63) is 36.0 Å². The molecule has 0 saturated carbocycles. The Hall–Kier alpha value is -1.85. The number of hydrogen-bond donors (Lipinski definition) is 0. The van der Waals surface area contributed by atoms with Gasteiger partial charge in [-0.05, 0) is 62.7 Å². The molecule has 0 aliphatic carbocycles. The Balaban J connectivity index is 1.36. The van der Waals surface area contributed by atoms with Crippen molar-refractivity contribution in [2.75, 3.05) is 40.4 Å². The zero-order valence-electron chi connectivity index (χ0n) is 18.7. The van der Waals surface area contributed by atoms with Gasteiger partial charge in [0.25, 0.3) is 0 Å². The molecule has 5 heteroatoms. The number of hydrogen-bond acceptors (Lipinski definition) is 3. The van der Waals surface area contributed by atoms with Gasteiger partial charge in [0, 0.05) is 56.8 Å². The van der Waals surface area contributed by atoms with Crippen LogP contribution in [0, 0.1) is 5.92 Å². The van der Waals surface area contributed by atoms with E-state index in [9.17, 15) is 4.79 Å². The lowest BCUT2D eigenvalue weighted by Crippen LogP contribution is -2.51. The molecule has 2 atom stereocenters. The van der Waals surface area contributed by atoms with Crippen LogP contribution in [0.2, 0.25) is 0 Å². The van der Waals surface area contributed by atoms with Gasteiger partial charge in [-0.3, -0.25) is 4.79 Å². The van der Waals surface area contributed by atoms with Gasteiger partial charge in [0.1, 0.15) is 0 Å². The van der Waals surface area contributed by atoms with Gasteiger partial charge in [-0.15, -0.1) is 0 Å². The van der Waals surface area contributed by atoms with E-state index in [2.05, 4.69) is 39.9 Å². The number of methoxy groups -OCH3 is 1. The maximum atomic E-state index is 13.0. The van der Waals surface area contributed by atoms with Crippen LogP contribution in [0.5, 0.6) is 0 Å². The molecule has 1 aromatic heterocycles. The number of ether oxygens (including phenoxy) is 1. The molecule has 2 saturated heterocycles. The zero-order chi connectivity index (χ0) is 20.9. The summed E-state index contributed by atoms with van der Waals surface area (Å²) in [5.41, 5.74) is 2.49. The summed E-state index contributed by atoms with van der Waals surface area (Å²) in [6.45, 7) is 4.96.